The number of alkyl halides is 1. The quantitative estimate of drug-likeness (QED) is 0.363. The van der Waals surface area contributed by atoms with Gasteiger partial charge < -0.3 is 0 Å². The molecule has 0 aliphatic heterocycles. The molecule has 0 atom stereocenters. The zero-order chi connectivity index (χ0) is 9.78. The summed E-state index contributed by atoms with van der Waals surface area (Å²) in [7, 11) is 0. The van der Waals surface area contributed by atoms with E-state index in [4.69, 9.17) is 0 Å². The minimum absolute atomic E-state index is 0.138. The molecule has 0 radical (unpaired) electrons. The van der Waals surface area contributed by atoms with Gasteiger partial charge in [0.15, 0.2) is 0 Å². The highest BCUT2D eigenvalue weighted by atomic mass is 19.1. The molecule has 0 N–H and O–H groups in total. The van der Waals surface area contributed by atoms with Gasteiger partial charge in [-0.1, -0.05) is 44.3 Å². The Labute approximate surface area is 82.2 Å². The second kappa shape index (κ2) is 11.7. The van der Waals surface area contributed by atoms with E-state index in [1.165, 1.54) is 38.5 Å². The molecule has 1 heteroatoms. The van der Waals surface area contributed by atoms with Crippen molar-refractivity contribution in [2.45, 2.75) is 58.3 Å². The number of hydrogen-bond donors (Lipinski definition) is 0. The fraction of sp³-hybridized carbons (Fsp3) is 0.833. The molecule has 0 nitrogen and oxygen atoms in total. The highest BCUT2D eigenvalue weighted by molar-refractivity contribution is 4.76. The van der Waals surface area contributed by atoms with E-state index < -0.39 is 0 Å². The first-order valence-electron chi connectivity index (χ1n) is 5.59. The van der Waals surface area contributed by atoms with Gasteiger partial charge in [0.05, 0.1) is 6.67 Å². The molecule has 0 rings (SSSR count). The molecule has 0 aromatic carbocycles. The minimum Gasteiger partial charge on any atom is -0.251 e. The van der Waals surface area contributed by atoms with Crippen LogP contribution < -0.4 is 0 Å². The minimum atomic E-state index is -0.138. The van der Waals surface area contributed by atoms with Crippen molar-refractivity contribution >= 4 is 0 Å². The number of rotatable bonds is 9. The number of hydrogen-bond acceptors (Lipinski definition) is 0. The Kier molecular flexibility index (Phi) is 11.4. The van der Waals surface area contributed by atoms with E-state index in [0.29, 0.717) is 0 Å². The van der Waals surface area contributed by atoms with Crippen molar-refractivity contribution in [1.82, 2.24) is 0 Å². The summed E-state index contributed by atoms with van der Waals surface area (Å²) in [5.41, 5.74) is 0. The zero-order valence-electron chi connectivity index (χ0n) is 8.90. The molecule has 0 amide bonds. The second-order valence-corrected chi connectivity index (χ2v) is 3.52. The van der Waals surface area contributed by atoms with Gasteiger partial charge in [-0.05, 0) is 26.2 Å². The summed E-state index contributed by atoms with van der Waals surface area (Å²) in [6.45, 7) is 1.93. The molecule has 13 heavy (non-hydrogen) atoms. The van der Waals surface area contributed by atoms with E-state index in [2.05, 4.69) is 19.1 Å². The predicted octanol–water partition coefficient (Wildman–Crippen LogP) is 4.65. The summed E-state index contributed by atoms with van der Waals surface area (Å²) in [5.74, 6) is 0. The van der Waals surface area contributed by atoms with E-state index in [0.717, 1.165) is 12.8 Å². The lowest BCUT2D eigenvalue weighted by molar-refractivity contribution is 0.449. The van der Waals surface area contributed by atoms with Crippen molar-refractivity contribution in [2.24, 2.45) is 0 Å². The third kappa shape index (κ3) is 11.7. The standard InChI is InChI=1S/C12H23F/c1-2-3-4-5-6-7-8-9-10-11-12-13/h2-3H,4-12H2,1H3. The highest BCUT2D eigenvalue weighted by Gasteiger charge is 1.90. The molecule has 0 unspecified atom stereocenters. The number of unbranched alkanes of at least 4 members (excludes halogenated alkanes) is 7. The van der Waals surface area contributed by atoms with Crippen LogP contribution in [0.15, 0.2) is 12.2 Å². The monoisotopic (exact) mass is 186 g/mol. The fourth-order valence-corrected chi connectivity index (χ4v) is 1.41. The number of halogens is 1. The normalized spacial score (nSPS) is 11.2. The third-order valence-electron chi connectivity index (χ3n) is 2.24. The first-order chi connectivity index (χ1) is 6.41. The number of allylic oxidation sites excluding steroid dienone is 2. The Bertz CT molecular complexity index is 108. The second-order valence-electron chi connectivity index (χ2n) is 3.52. The van der Waals surface area contributed by atoms with Gasteiger partial charge in [-0.2, -0.15) is 0 Å². The van der Waals surface area contributed by atoms with Crippen LogP contribution in [-0.4, -0.2) is 6.67 Å². The Morgan fingerprint density at radius 1 is 0.846 bits per heavy atom. The Morgan fingerprint density at radius 3 is 1.92 bits per heavy atom. The molecule has 0 bridgehead atoms. The van der Waals surface area contributed by atoms with E-state index in [1.54, 1.807) is 0 Å². The average molecular weight is 186 g/mol. The molecule has 0 heterocycles. The maximum Gasteiger partial charge on any atom is 0.0894 e. The smallest absolute Gasteiger partial charge is 0.0894 e. The topological polar surface area (TPSA) is 0 Å². The first-order valence-corrected chi connectivity index (χ1v) is 5.59. The van der Waals surface area contributed by atoms with Crippen molar-refractivity contribution in [2.75, 3.05) is 6.67 Å². The van der Waals surface area contributed by atoms with E-state index in [-0.39, 0.29) is 6.67 Å². The van der Waals surface area contributed by atoms with E-state index in [1.807, 2.05) is 0 Å². The Hall–Kier alpha value is -0.330. The molecular weight excluding hydrogens is 163 g/mol. The molecule has 0 aliphatic rings. The van der Waals surface area contributed by atoms with Crippen LogP contribution >= 0.6 is 0 Å². The maximum atomic E-state index is 11.7. The highest BCUT2D eigenvalue weighted by Crippen LogP contribution is 2.08. The lowest BCUT2D eigenvalue weighted by atomic mass is 10.1. The molecular formula is C12H23F. The maximum absolute atomic E-state index is 11.7. The van der Waals surface area contributed by atoms with Crippen LogP contribution in [0.1, 0.15) is 58.3 Å². The Morgan fingerprint density at radius 2 is 1.38 bits per heavy atom. The van der Waals surface area contributed by atoms with E-state index >= 15 is 0 Å². The molecule has 0 aliphatic carbocycles. The van der Waals surface area contributed by atoms with Crippen LogP contribution in [0.4, 0.5) is 4.39 Å². The molecule has 0 saturated heterocycles. The first kappa shape index (κ1) is 12.7. The molecule has 0 spiro atoms. The van der Waals surface area contributed by atoms with Crippen molar-refractivity contribution in [3.8, 4) is 0 Å². The van der Waals surface area contributed by atoms with Crippen LogP contribution in [0.5, 0.6) is 0 Å². The summed E-state index contributed by atoms with van der Waals surface area (Å²) < 4.78 is 11.7. The van der Waals surface area contributed by atoms with Gasteiger partial charge in [-0.25, -0.2) is 0 Å². The van der Waals surface area contributed by atoms with Gasteiger partial charge in [0, 0.05) is 0 Å². The van der Waals surface area contributed by atoms with Gasteiger partial charge in [-0.15, -0.1) is 0 Å². The third-order valence-corrected chi connectivity index (χ3v) is 2.24. The Balaban J connectivity index is 2.83. The molecule has 0 fully saturated rings. The fourth-order valence-electron chi connectivity index (χ4n) is 1.41. The van der Waals surface area contributed by atoms with Crippen LogP contribution in [0, 0.1) is 0 Å². The lowest BCUT2D eigenvalue weighted by Crippen LogP contribution is -1.81. The van der Waals surface area contributed by atoms with Gasteiger partial charge in [0.1, 0.15) is 0 Å². The molecule has 78 valence electrons. The van der Waals surface area contributed by atoms with Gasteiger partial charge in [0.25, 0.3) is 0 Å². The van der Waals surface area contributed by atoms with Crippen LogP contribution in [-0.2, 0) is 0 Å². The molecule has 0 saturated carbocycles. The predicted molar refractivity (Wildman–Crippen MR) is 57.7 cm³/mol. The summed E-state index contributed by atoms with van der Waals surface area (Å²) in [6, 6.07) is 0. The van der Waals surface area contributed by atoms with Crippen molar-refractivity contribution < 1.29 is 4.39 Å². The van der Waals surface area contributed by atoms with Crippen molar-refractivity contribution in [3.05, 3.63) is 12.2 Å². The summed E-state index contributed by atoms with van der Waals surface area (Å²) in [5, 5.41) is 0. The van der Waals surface area contributed by atoms with Crippen molar-refractivity contribution in [3.63, 3.8) is 0 Å². The molecule has 0 aromatic heterocycles. The largest absolute Gasteiger partial charge is 0.251 e. The van der Waals surface area contributed by atoms with Gasteiger partial charge in [0.2, 0.25) is 0 Å². The van der Waals surface area contributed by atoms with Crippen LogP contribution in [0.25, 0.3) is 0 Å². The average Bonchev–Trinajstić information content (AvgIpc) is 2.16. The molecule has 0 aromatic rings. The summed E-state index contributed by atoms with van der Waals surface area (Å²) in [6.07, 6.45) is 13.9. The van der Waals surface area contributed by atoms with Gasteiger partial charge >= 0.3 is 0 Å². The van der Waals surface area contributed by atoms with Crippen LogP contribution in [0.2, 0.25) is 0 Å². The summed E-state index contributed by atoms with van der Waals surface area (Å²) in [4.78, 5) is 0. The van der Waals surface area contributed by atoms with Crippen LogP contribution in [0.3, 0.4) is 0 Å². The zero-order valence-corrected chi connectivity index (χ0v) is 8.90. The SMILES string of the molecule is CC=CCCCCCCCCCF. The van der Waals surface area contributed by atoms with E-state index in [9.17, 15) is 4.39 Å². The summed E-state index contributed by atoms with van der Waals surface area (Å²) >= 11 is 0. The lowest BCUT2D eigenvalue weighted by Gasteiger charge is -1.98. The van der Waals surface area contributed by atoms with Gasteiger partial charge in [-0.3, -0.25) is 4.39 Å². The van der Waals surface area contributed by atoms with Crippen molar-refractivity contribution in [1.29, 1.82) is 0 Å².